The molecule has 0 fully saturated rings. The van der Waals surface area contributed by atoms with E-state index >= 15 is 0 Å². The molecule has 0 bridgehead atoms. The van der Waals surface area contributed by atoms with E-state index in [1.165, 1.54) is 70.6 Å². The SMILES string of the molecule is CCCCCCCCCCCC/C=C/CC/C=C/CC/C=C/C(O)C(COP(=O)([O-])OCC[N+](C)(C)C)NC(=O)CCCCCC. The quantitative estimate of drug-likeness (QED) is 0.0321. The lowest BCUT2D eigenvalue weighted by atomic mass is 10.1. The van der Waals surface area contributed by atoms with E-state index in [0.29, 0.717) is 17.4 Å². The average molecular weight is 671 g/mol. The lowest BCUT2D eigenvalue weighted by molar-refractivity contribution is -0.870. The first-order valence-electron chi connectivity index (χ1n) is 18.4. The Kier molecular flexibility index (Phi) is 29.0. The summed E-state index contributed by atoms with van der Waals surface area (Å²) in [6, 6.07) is -0.901. The number of nitrogens with zero attached hydrogens (tertiary/aromatic N) is 1. The number of hydrogen-bond donors (Lipinski definition) is 2. The Bertz CT molecular complexity index is 855. The Hall–Kier alpha value is -1.28. The van der Waals surface area contributed by atoms with Crippen LogP contribution in [0, 0.1) is 0 Å². The molecule has 0 saturated heterocycles. The summed E-state index contributed by atoms with van der Waals surface area (Å²) in [7, 11) is 1.23. The molecule has 3 unspecified atom stereocenters. The van der Waals surface area contributed by atoms with Gasteiger partial charge < -0.3 is 28.8 Å². The van der Waals surface area contributed by atoms with Crippen molar-refractivity contribution in [2.75, 3.05) is 40.9 Å². The predicted octanol–water partition coefficient (Wildman–Crippen LogP) is 8.55. The van der Waals surface area contributed by atoms with Crippen LogP contribution in [0.1, 0.15) is 142 Å². The second-order valence-electron chi connectivity index (χ2n) is 13.6. The van der Waals surface area contributed by atoms with Gasteiger partial charge in [-0.3, -0.25) is 9.36 Å². The fourth-order valence-electron chi connectivity index (χ4n) is 4.83. The summed E-state index contributed by atoms with van der Waals surface area (Å²) < 4.78 is 22.9. The predicted molar refractivity (Wildman–Crippen MR) is 191 cm³/mol. The fourth-order valence-corrected chi connectivity index (χ4v) is 5.55. The maximum Gasteiger partial charge on any atom is 0.268 e. The van der Waals surface area contributed by atoms with Crippen molar-refractivity contribution in [1.82, 2.24) is 5.32 Å². The van der Waals surface area contributed by atoms with Crippen molar-refractivity contribution in [1.29, 1.82) is 0 Å². The number of amides is 1. The standard InChI is InChI=1S/C37H71N2O6P/c1-6-8-10-12-13-14-15-16-17-18-19-20-21-22-23-24-25-26-27-28-30-36(40)35(38-37(41)31-29-11-9-7-2)34-45-46(42,43)44-33-32-39(3,4)5/h20-21,24-25,28,30,35-36,40H,6-19,22-23,26-27,29,31-34H2,1-5H3,(H-,38,41,42,43)/b21-20+,25-24+,30-28+. The summed E-state index contributed by atoms with van der Waals surface area (Å²) in [6.45, 7) is 4.45. The van der Waals surface area contributed by atoms with E-state index in [1.54, 1.807) is 6.08 Å². The number of carbonyl (C=O) groups excluding carboxylic acids is 1. The van der Waals surface area contributed by atoms with Crippen LogP contribution in [0.2, 0.25) is 0 Å². The molecule has 0 heterocycles. The highest BCUT2D eigenvalue weighted by atomic mass is 31.2. The highest BCUT2D eigenvalue weighted by molar-refractivity contribution is 7.45. The van der Waals surface area contributed by atoms with Gasteiger partial charge in [-0.05, 0) is 44.9 Å². The van der Waals surface area contributed by atoms with Crippen molar-refractivity contribution in [3.8, 4) is 0 Å². The van der Waals surface area contributed by atoms with E-state index in [-0.39, 0.29) is 12.5 Å². The number of phosphoric ester groups is 1. The van der Waals surface area contributed by atoms with E-state index in [4.69, 9.17) is 9.05 Å². The Morgan fingerprint density at radius 1 is 0.739 bits per heavy atom. The highest BCUT2D eigenvalue weighted by Crippen LogP contribution is 2.38. The molecule has 0 aromatic rings. The molecular formula is C37H71N2O6P. The van der Waals surface area contributed by atoms with Gasteiger partial charge in [0.1, 0.15) is 13.2 Å². The minimum atomic E-state index is -4.57. The maximum absolute atomic E-state index is 12.5. The first kappa shape index (κ1) is 44.7. The topological polar surface area (TPSA) is 108 Å². The van der Waals surface area contributed by atoms with E-state index in [1.807, 2.05) is 27.2 Å². The van der Waals surface area contributed by atoms with Crippen molar-refractivity contribution >= 4 is 13.7 Å². The highest BCUT2D eigenvalue weighted by Gasteiger charge is 2.23. The van der Waals surface area contributed by atoms with Gasteiger partial charge in [0.15, 0.2) is 0 Å². The van der Waals surface area contributed by atoms with E-state index < -0.39 is 26.6 Å². The molecule has 0 aliphatic heterocycles. The van der Waals surface area contributed by atoms with Crippen molar-refractivity contribution in [3.05, 3.63) is 36.5 Å². The molecule has 0 aromatic carbocycles. The third-order valence-electron chi connectivity index (χ3n) is 7.83. The molecule has 8 nitrogen and oxygen atoms in total. The summed E-state index contributed by atoms with van der Waals surface area (Å²) in [4.78, 5) is 24.8. The smallest absolute Gasteiger partial charge is 0.268 e. The van der Waals surface area contributed by atoms with Crippen LogP contribution >= 0.6 is 7.82 Å². The van der Waals surface area contributed by atoms with Crippen LogP contribution in [0.15, 0.2) is 36.5 Å². The Morgan fingerprint density at radius 3 is 1.76 bits per heavy atom. The molecule has 0 radical (unpaired) electrons. The molecule has 0 aliphatic rings. The van der Waals surface area contributed by atoms with Crippen LogP contribution in [-0.2, 0) is 18.4 Å². The summed E-state index contributed by atoms with van der Waals surface area (Å²) in [5, 5.41) is 13.5. The zero-order valence-corrected chi connectivity index (χ0v) is 31.2. The van der Waals surface area contributed by atoms with Crippen molar-refractivity contribution in [2.24, 2.45) is 0 Å². The second kappa shape index (κ2) is 29.8. The normalized spacial score (nSPS) is 15.2. The number of hydrogen-bond acceptors (Lipinski definition) is 6. The molecular weight excluding hydrogens is 599 g/mol. The number of carbonyl (C=O) groups is 1. The van der Waals surface area contributed by atoms with Gasteiger partial charge in [-0.2, -0.15) is 0 Å². The third kappa shape index (κ3) is 31.3. The molecule has 0 aromatic heterocycles. The molecule has 0 rings (SSSR count). The van der Waals surface area contributed by atoms with E-state index in [0.717, 1.165) is 51.4 Å². The van der Waals surface area contributed by atoms with Gasteiger partial charge in [0.25, 0.3) is 7.82 Å². The van der Waals surface area contributed by atoms with Crippen LogP contribution in [0.25, 0.3) is 0 Å². The molecule has 0 spiro atoms. The molecule has 0 saturated carbocycles. The largest absolute Gasteiger partial charge is 0.756 e. The molecule has 270 valence electrons. The zero-order chi connectivity index (χ0) is 34.4. The minimum absolute atomic E-state index is 0.00953. The first-order chi connectivity index (χ1) is 22.0. The Balaban J connectivity index is 4.38. The van der Waals surface area contributed by atoms with Crippen LogP contribution < -0.4 is 10.2 Å². The van der Waals surface area contributed by atoms with Gasteiger partial charge in [-0.15, -0.1) is 0 Å². The molecule has 0 aliphatic carbocycles. The number of phosphoric acid groups is 1. The number of rotatable bonds is 32. The van der Waals surface area contributed by atoms with Crippen LogP contribution in [-0.4, -0.2) is 68.5 Å². The van der Waals surface area contributed by atoms with Gasteiger partial charge >= 0.3 is 0 Å². The monoisotopic (exact) mass is 671 g/mol. The summed E-state index contributed by atoms with van der Waals surface area (Å²) >= 11 is 0. The van der Waals surface area contributed by atoms with Gasteiger partial charge in [0.05, 0.1) is 39.9 Å². The molecule has 2 N–H and O–H groups in total. The number of aliphatic hydroxyl groups is 1. The average Bonchev–Trinajstić information content (AvgIpc) is 2.99. The number of nitrogens with one attached hydrogen (secondary N) is 1. The Morgan fingerprint density at radius 2 is 1.22 bits per heavy atom. The minimum Gasteiger partial charge on any atom is -0.756 e. The summed E-state index contributed by atoms with van der Waals surface area (Å²) in [5.74, 6) is -0.232. The number of quaternary nitrogens is 1. The Labute approximate surface area is 283 Å². The first-order valence-corrected chi connectivity index (χ1v) is 19.8. The fraction of sp³-hybridized carbons (Fsp3) is 0.811. The van der Waals surface area contributed by atoms with Gasteiger partial charge in [0, 0.05) is 6.42 Å². The zero-order valence-electron chi connectivity index (χ0n) is 30.3. The lowest BCUT2D eigenvalue weighted by Crippen LogP contribution is -2.45. The van der Waals surface area contributed by atoms with Gasteiger partial charge in [-0.25, -0.2) is 0 Å². The summed E-state index contributed by atoms with van der Waals surface area (Å²) in [6.07, 6.45) is 34.0. The lowest BCUT2D eigenvalue weighted by Gasteiger charge is -2.29. The number of allylic oxidation sites excluding steroid dienone is 5. The molecule has 46 heavy (non-hydrogen) atoms. The molecule has 3 atom stereocenters. The van der Waals surface area contributed by atoms with Gasteiger partial charge in [-0.1, -0.05) is 127 Å². The van der Waals surface area contributed by atoms with Crippen LogP contribution in [0.4, 0.5) is 0 Å². The molecule has 9 heteroatoms. The number of unbranched alkanes of at least 4 members (excludes halogenated alkanes) is 15. The van der Waals surface area contributed by atoms with Crippen molar-refractivity contribution in [2.45, 2.75) is 154 Å². The van der Waals surface area contributed by atoms with Crippen molar-refractivity contribution < 1.29 is 32.9 Å². The maximum atomic E-state index is 12.5. The number of aliphatic hydroxyl groups excluding tert-OH is 1. The van der Waals surface area contributed by atoms with E-state index in [2.05, 4.69) is 43.5 Å². The van der Waals surface area contributed by atoms with Crippen molar-refractivity contribution in [3.63, 3.8) is 0 Å². The second-order valence-corrected chi connectivity index (χ2v) is 15.0. The molecule has 1 amide bonds. The van der Waals surface area contributed by atoms with Crippen LogP contribution in [0.3, 0.4) is 0 Å². The summed E-state index contributed by atoms with van der Waals surface area (Å²) in [5.41, 5.74) is 0. The van der Waals surface area contributed by atoms with Gasteiger partial charge in [0.2, 0.25) is 5.91 Å². The number of likely N-dealkylation sites (N-methyl/N-ethyl adjacent to an activating group) is 1. The van der Waals surface area contributed by atoms with E-state index in [9.17, 15) is 19.4 Å². The van der Waals surface area contributed by atoms with Crippen LogP contribution in [0.5, 0.6) is 0 Å². The third-order valence-corrected chi connectivity index (χ3v) is 8.79.